The monoisotopic (exact) mass is 426 g/mol. The first-order chi connectivity index (χ1) is 14.2. The molecule has 3 aromatic rings. The summed E-state index contributed by atoms with van der Waals surface area (Å²) in [6.07, 6.45) is 1.71. The number of rotatable bonds is 7. The van der Waals surface area contributed by atoms with E-state index in [1.165, 1.54) is 12.1 Å². The van der Waals surface area contributed by atoms with Crippen LogP contribution in [-0.4, -0.2) is 30.3 Å². The van der Waals surface area contributed by atoms with Crippen LogP contribution in [0.4, 0.5) is 0 Å². The van der Waals surface area contributed by atoms with Crippen molar-refractivity contribution >= 4 is 27.0 Å². The third kappa shape index (κ3) is 4.24. The molecule has 1 aliphatic carbocycles. The number of benzene rings is 2. The largest absolute Gasteiger partial charge is 0.342 e. The van der Waals surface area contributed by atoms with E-state index in [2.05, 4.69) is 20.0 Å². The van der Waals surface area contributed by atoms with Gasteiger partial charge in [0.1, 0.15) is 5.82 Å². The average molecular weight is 427 g/mol. The minimum atomic E-state index is -3.63. The Morgan fingerprint density at radius 3 is 2.57 bits per heavy atom. The van der Waals surface area contributed by atoms with Crippen LogP contribution in [-0.2, 0) is 10.0 Å². The van der Waals surface area contributed by atoms with Crippen LogP contribution in [0.25, 0.3) is 11.0 Å². The zero-order chi connectivity index (χ0) is 21.5. The lowest BCUT2D eigenvalue weighted by atomic mass is 10.0. The number of H-pyrrole nitrogens is 1. The highest BCUT2D eigenvalue weighted by Gasteiger charge is 2.29. The molecule has 3 N–H and O–H groups in total. The molecule has 1 heterocycles. The zero-order valence-electron chi connectivity index (χ0n) is 17.3. The Labute approximate surface area is 176 Å². The number of sulfonamides is 1. The molecule has 0 aliphatic heterocycles. The standard InChI is InChI=1S/C22H26N4O3S/c1-13(2)20(21-23-18-6-4-5-7-19(18)24-21)25-22(27)17-12-16(11-8-14(17)3)30(28,29)26-15-9-10-15/h4-8,11-13,15,20,26H,9-10H2,1-3H3,(H,23,24)(H,25,27). The first-order valence-electron chi connectivity index (χ1n) is 10.1. The summed E-state index contributed by atoms with van der Waals surface area (Å²) in [7, 11) is -3.63. The molecule has 158 valence electrons. The Kier molecular flexibility index (Phi) is 5.38. The van der Waals surface area contributed by atoms with Gasteiger partial charge in [0, 0.05) is 11.6 Å². The number of aromatic amines is 1. The summed E-state index contributed by atoms with van der Waals surface area (Å²) in [4.78, 5) is 21.1. The van der Waals surface area contributed by atoms with Gasteiger partial charge in [0.05, 0.1) is 22.0 Å². The molecular formula is C22H26N4O3S. The maximum Gasteiger partial charge on any atom is 0.252 e. The predicted octanol–water partition coefficient (Wildman–Crippen LogP) is 3.44. The van der Waals surface area contributed by atoms with Gasteiger partial charge in [0.15, 0.2) is 0 Å². The van der Waals surface area contributed by atoms with Crippen molar-refractivity contribution in [1.82, 2.24) is 20.0 Å². The Balaban J connectivity index is 1.61. The quantitative estimate of drug-likeness (QED) is 0.538. The van der Waals surface area contributed by atoms with Gasteiger partial charge in [-0.1, -0.05) is 32.0 Å². The van der Waals surface area contributed by atoms with E-state index in [4.69, 9.17) is 0 Å². The fourth-order valence-corrected chi connectivity index (χ4v) is 4.72. The number of aromatic nitrogens is 2. The average Bonchev–Trinajstić information content (AvgIpc) is 3.39. The van der Waals surface area contributed by atoms with Crippen LogP contribution in [0.15, 0.2) is 47.4 Å². The summed E-state index contributed by atoms with van der Waals surface area (Å²) in [5.41, 5.74) is 2.80. The van der Waals surface area contributed by atoms with Crippen molar-refractivity contribution in [3.8, 4) is 0 Å². The number of fused-ring (bicyclic) bond motifs is 1. The molecular weight excluding hydrogens is 400 g/mol. The summed E-state index contributed by atoms with van der Waals surface area (Å²) >= 11 is 0. The lowest BCUT2D eigenvalue weighted by Crippen LogP contribution is -2.33. The Morgan fingerprint density at radius 1 is 1.17 bits per heavy atom. The molecule has 30 heavy (non-hydrogen) atoms. The van der Waals surface area contributed by atoms with Crippen molar-refractivity contribution in [2.75, 3.05) is 0 Å². The van der Waals surface area contributed by atoms with Gasteiger partial charge in [-0.15, -0.1) is 0 Å². The smallest absolute Gasteiger partial charge is 0.252 e. The number of nitrogens with one attached hydrogen (secondary N) is 3. The number of aryl methyl sites for hydroxylation is 1. The Hall–Kier alpha value is -2.71. The molecule has 1 amide bonds. The molecule has 0 radical (unpaired) electrons. The molecule has 1 atom stereocenters. The van der Waals surface area contributed by atoms with Crippen LogP contribution in [0.3, 0.4) is 0 Å². The molecule has 1 saturated carbocycles. The summed E-state index contributed by atoms with van der Waals surface area (Å²) in [6.45, 7) is 5.81. The molecule has 0 spiro atoms. The number of carbonyl (C=O) groups is 1. The second-order valence-corrected chi connectivity index (χ2v) is 9.92. The van der Waals surface area contributed by atoms with Crippen molar-refractivity contribution in [1.29, 1.82) is 0 Å². The second kappa shape index (κ2) is 7.85. The molecule has 1 aromatic heterocycles. The fraction of sp³-hybridized carbons (Fsp3) is 0.364. The van der Waals surface area contributed by atoms with E-state index in [1.54, 1.807) is 13.0 Å². The highest BCUT2D eigenvalue weighted by atomic mass is 32.2. The van der Waals surface area contributed by atoms with Crippen LogP contribution in [0.2, 0.25) is 0 Å². The number of amides is 1. The van der Waals surface area contributed by atoms with E-state index in [1.807, 2.05) is 38.1 Å². The van der Waals surface area contributed by atoms with Gasteiger partial charge in [-0.05, 0) is 55.5 Å². The van der Waals surface area contributed by atoms with Gasteiger partial charge in [-0.2, -0.15) is 0 Å². The van der Waals surface area contributed by atoms with Gasteiger partial charge in [-0.25, -0.2) is 18.1 Å². The fourth-order valence-electron chi connectivity index (χ4n) is 3.39. The predicted molar refractivity (Wildman–Crippen MR) is 116 cm³/mol. The minimum absolute atomic E-state index is 0.00647. The van der Waals surface area contributed by atoms with Crippen LogP contribution in [0, 0.1) is 12.8 Å². The molecule has 7 nitrogen and oxygen atoms in total. The summed E-state index contributed by atoms with van der Waals surface area (Å²) in [5, 5.41) is 3.03. The van der Waals surface area contributed by atoms with E-state index in [9.17, 15) is 13.2 Å². The van der Waals surface area contributed by atoms with Crippen LogP contribution in [0.1, 0.15) is 54.5 Å². The van der Waals surface area contributed by atoms with Crippen molar-refractivity contribution < 1.29 is 13.2 Å². The zero-order valence-corrected chi connectivity index (χ0v) is 18.1. The first kappa shape index (κ1) is 20.6. The molecule has 4 rings (SSSR count). The number of hydrogen-bond acceptors (Lipinski definition) is 4. The van der Waals surface area contributed by atoms with Crippen LogP contribution >= 0.6 is 0 Å². The van der Waals surface area contributed by atoms with E-state index in [-0.39, 0.29) is 28.8 Å². The molecule has 2 aromatic carbocycles. The third-order valence-electron chi connectivity index (χ3n) is 5.32. The van der Waals surface area contributed by atoms with Crippen molar-refractivity contribution in [2.24, 2.45) is 5.92 Å². The number of hydrogen-bond donors (Lipinski definition) is 3. The number of imidazole rings is 1. The maximum absolute atomic E-state index is 13.1. The molecule has 0 saturated heterocycles. The SMILES string of the molecule is Cc1ccc(S(=O)(=O)NC2CC2)cc1C(=O)NC(c1nc2ccccc2[nH]1)C(C)C. The maximum atomic E-state index is 13.1. The van der Waals surface area contributed by atoms with E-state index >= 15 is 0 Å². The van der Waals surface area contributed by atoms with Gasteiger partial charge in [-0.3, -0.25) is 4.79 Å². The van der Waals surface area contributed by atoms with E-state index < -0.39 is 10.0 Å². The van der Waals surface area contributed by atoms with Crippen molar-refractivity contribution in [3.63, 3.8) is 0 Å². The number of carbonyl (C=O) groups excluding carboxylic acids is 1. The van der Waals surface area contributed by atoms with Crippen LogP contribution in [0.5, 0.6) is 0 Å². The highest BCUT2D eigenvalue weighted by Crippen LogP contribution is 2.25. The minimum Gasteiger partial charge on any atom is -0.342 e. The van der Waals surface area contributed by atoms with Gasteiger partial charge < -0.3 is 10.3 Å². The second-order valence-electron chi connectivity index (χ2n) is 8.21. The molecule has 1 unspecified atom stereocenters. The molecule has 1 aliphatic rings. The summed E-state index contributed by atoms with van der Waals surface area (Å²) < 4.78 is 27.8. The number of para-hydroxylation sites is 2. The first-order valence-corrected chi connectivity index (χ1v) is 11.6. The van der Waals surface area contributed by atoms with Crippen LogP contribution < -0.4 is 10.0 Å². The van der Waals surface area contributed by atoms with Crippen molar-refractivity contribution in [2.45, 2.75) is 50.6 Å². The number of nitrogens with zero attached hydrogens (tertiary/aromatic N) is 1. The highest BCUT2D eigenvalue weighted by molar-refractivity contribution is 7.89. The topological polar surface area (TPSA) is 104 Å². The van der Waals surface area contributed by atoms with E-state index in [0.29, 0.717) is 17.0 Å². The van der Waals surface area contributed by atoms with Gasteiger partial charge >= 0.3 is 0 Å². The van der Waals surface area contributed by atoms with Gasteiger partial charge in [0.2, 0.25) is 10.0 Å². The lowest BCUT2D eigenvalue weighted by molar-refractivity contribution is 0.0922. The molecule has 8 heteroatoms. The van der Waals surface area contributed by atoms with E-state index in [0.717, 1.165) is 23.9 Å². The molecule has 0 bridgehead atoms. The third-order valence-corrected chi connectivity index (χ3v) is 6.84. The van der Waals surface area contributed by atoms with Gasteiger partial charge in [0.25, 0.3) is 5.91 Å². The lowest BCUT2D eigenvalue weighted by Gasteiger charge is -2.21. The Bertz CT molecular complexity index is 1160. The molecule has 1 fully saturated rings. The summed E-state index contributed by atoms with van der Waals surface area (Å²) in [5.74, 6) is 0.435. The Morgan fingerprint density at radius 2 is 1.90 bits per heavy atom. The van der Waals surface area contributed by atoms with Crippen molar-refractivity contribution in [3.05, 3.63) is 59.4 Å². The summed E-state index contributed by atoms with van der Waals surface area (Å²) in [6, 6.07) is 12.0. The normalized spacial score (nSPS) is 15.5.